The molecular formula is C14H14N4O5S2. The van der Waals surface area contributed by atoms with Crippen LogP contribution in [0.2, 0.25) is 0 Å². The van der Waals surface area contributed by atoms with Crippen molar-refractivity contribution in [1.29, 1.82) is 0 Å². The minimum Gasteiger partial charge on any atom is -0.490 e. The lowest BCUT2D eigenvalue weighted by molar-refractivity contribution is -0.141. The van der Waals surface area contributed by atoms with Gasteiger partial charge in [-0.1, -0.05) is 11.3 Å². The lowest BCUT2D eigenvalue weighted by Crippen LogP contribution is -2.12. The van der Waals surface area contributed by atoms with Gasteiger partial charge in [-0.3, -0.25) is 4.79 Å². The second-order valence-electron chi connectivity index (χ2n) is 4.98. The van der Waals surface area contributed by atoms with Gasteiger partial charge >= 0.3 is 5.97 Å². The van der Waals surface area contributed by atoms with E-state index in [0.29, 0.717) is 16.4 Å². The number of benzene rings is 1. The monoisotopic (exact) mass is 382 g/mol. The third-order valence-electron chi connectivity index (χ3n) is 3.08. The molecule has 0 unspecified atom stereocenters. The van der Waals surface area contributed by atoms with E-state index in [1.54, 1.807) is 18.3 Å². The third-order valence-corrected chi connectivity index (χ3v) is 5.31. The first-order valence-electron chi connectivity index (χ1n) is 7.08. The van der Waals surface area contributed by atoms with E-state index in [-0.39, 0.29) is 23.5 Å². The first kappa shape index (κ1) is 17.3. The van der Waals surface area contributed by atoms with E-state index >= 15 is 0 Å². The molecule has 0 aliphatic rings. The van der Waals surface area contributed by atoms with E-state index in [2.05, 4.69) is 10.1 Å². The Morgan fingerprint density at radius 2 is 2.00 bits per heavy atom. The largest absolute Gasteiger partial charge is 0.490 e. The molecule has 9 nitrogen and oxygen atoms in total. The summed E-state index contributed by atoms with van der Waals surface area (Å²) in [5, 5.41) is 8.96. The van der Waals surface area contributed by atoms with E-state index < -0.39 is 10.0 Å². The number of sulfonamides is 1. The molecule has 25 heavy (non-hydrogen) atoms. The van der Waals surface area contributed by atoms with Gasteiger partial charge in [0.05, 0.1) is 11.9 Å². The summed E-state index contributed by atoms with van der Waals surface area (Å²) in [6, 6.07) is 7.15. The molecule has 0 aliphatic heterocycles. The standard InChI is InChI=1S/C14H14N4O5S2/c1-9(19)22-6-7-23-11-4-2-10(3-5-11)12-8-18-13(16-12)24-14(17-18)25(15,20)21/h2-5,8H,6-7H2,1H3,(H2,15,20,21). The topological polar surface area (TPSA) is 126 Å². The van der Waals surface area contributed by atoms with Gasteiger partial charge in [0, 0.05) is 12.5 Å². The zero-order valence-electron chi connectivity index (χ0n) is 13.1. The maximum atomic E-state index is 11.3. The molecule has 3 aromatic rings. The van der Waals surface area contributed by atoms with Crippen LogP contribution in [0, 0.1) is 0 Å². The Morgan fingerprint density at radius 1 is 1.28 bits per heavy atom. The van der Waals surface area contributed by atoms with E-state index in [4.69, 9.17) is 14.6 Å². The molecule has 0 spiro atoms. The fourth-order valence-electron chi connectivity index (χ4n) is 2.00. The zero-order chi connectivity index (χ0) is 18.0. The Bertz CT molecular complexity index is 976. The molecule has 2 N–H and O–H groups in total. The molecule has 0 fully saturated rings. The molecule has 2 heterocycles. The maximum Gasteiger partial charge on any atom is 0.302 e. The Balaban J connectivity index is 1.70. The first-order valence-corrected chi connectivity index (χ1v) is 9.45. The van der Waals surface area contributed by atoms with Crippen molar-refractivity contribution in [3.8, 4) is 17.0 Å². The molecule has 1 aromatic carbocycles. The summed E-state index contributed by atoms with van der Waals surface area (Å²) < 4.78 is 34.0. The van der Waals surface area contributed by atoms with E-state index in [1.165, 1.54) is 11.4 Å². The highest BCUT2D eigenvalue weighted by molar-refractivity contribution is 7.91. The van der Waals surface area contributed by atoms with Crippen LogP contribution in [0.5, 0.6) is 5.75 Å². The van der Waals surface area contributed by atoms with E-state index in [9.17, 15) is 13.2 Å². The Labute approximate surface area is 147 Å². The van der Waals surface area contributed by atoms with Crippen molar-refractivity contribution in [3.63, 3.8) is 0 Å². The SMILES string of the molecule is CC(=O)OCCOc1ccc(-c2cn3nc(S(N)(=O)=O)sc3n2)cc1. The van der Waals surface area contributed by atoms with Crippen LogP contribution < -0.4 is 9.88 Å². The molecule has 3 rings (SSSR count). The summed E-state index contributed by atoms with van der Waals surface area (Å²) in [6.07, 6.45) is 1.62. The molecule has 0 bridgehead atoms. The number of fused-ring (bicyclic) bond motifs is 1. The molecule has 0 amide bonds. The van der Waals surface area contributed by atoms with Crippen LogP contribution in [-0.2, 0) is 19.6 Å². The molecule has 2 aromatic heterocycles. The van der Waals surface area contributed by atoms with Gasteiger partial charge in [-0.05, 0) is 24.3 Å². The highest BCUT2D eigenvalue weighted by atomic mass is 32.2. The van der Waals surface area contributed by atoms with Crippen molar-refractivity contribution in [3.05, 3.63) is 30.5 Å². The van der Waals surface area contributed by atoms with Crippen molar-refractivity contribution < 1.29 is 22.7 Å². The predicted molar refractivity (Wildman–Crippen MR) is 89.8 cm³/mol. The summed E-state index contributed by atoms with van der Waals surface area (Å²) in [7, 11) is -3.84. The van der Waals surface area contributed by atoms with Crippen molar-refractivity contribution in [1.82, 2.24) is 14.6 Å². The van der Waals surface area contributed by atoms with Crippen LogP contribution in [0.15, 0.2) is 34.8 Å². The normalized spacial score (nSPS) is 11.6. The Morgan fingerprint density at radius 3 is 2.60 bits per heavy atom. The van der Waals surface area contributed by atoms with Gasteiger partial charge in [-0.25, -0.2) is 23.1 Å². The lowest BCUT2D eigenvalue weighted by Gasteiger charge is -2.06. The van der Waals surface area contributed by atoms with Gasteiger partial charge in [-0.15, -0.1) is 5.10 Å². The Kier molecular flexibility index (Phi) is 4.70. The average molecular weight is 382 g/mol. The van der Waals surface area contributed by atoms with Crippen molar-refractivity contribution in [2.24, 2.45) is 5.14 Å². The molecule has 0 saturated carbocycles. The summed E-state index contributed by atoms with van der Waals surface area (Å²) in [4.78, 5) is 15.4. The van der Waals surface area contributed by atoms with Gasteiger partial charge in [0.25, 0.3) is 10.0 Å². The number of rotatable bonds is 6. The quantitative estimate of drug-likeness (QED) is 0.499. The van der Waals surface area contributed by atoms with Crippen molar-refractivity contribution in [2.45, 2.75) is 11.3 Å². The third kappa shape index (κ3) is 4.13. The van der Waals surface area contributed by atoms with Crippen LogP contribution in [-0.4, -0.2) is 42.2 Å². The highest BCUT2D eigenvalue weighted by Crippen LogP contribution is 2.25. The molecule has 0 radical (unpaired) electrons. The minimum atomic E-state index is -3.84. The summed E-state index contributed by atoms with van der Waals surface area (Å²) in [5.41, 5.74) is 1.47. The number of primary sulfonamides is 1. The highest BCUT2D eigenvalue weighted by Gasteiger charge is 2.17. The number of ether oxygens (including phenoxy) is 2. The molecular weight excluding hydrogens is 368 g/mol. The molecule has 0 saturated heterocycles. The van der Waals surface area contributed by atoms with Gasteiger partial charge in [-0.2, -0.15) is 0 Å². The number of esters is 1. The summed E-state index contributed by atoms with van der Waals surface area (Å²) in [5.74, 6) is 0.282. The molecule has 132 valence electrons. The fourth-order valence-corrected chi connectivity index (χ4v) is 3.51. The minimum absolute atomic E-state index is 0.182. The van der Waals surface area contributed by atoms with Crippen LogP contribution in [0.3, 0.4) is 0 Å². The number of carbonyl (C=O) groups excluding carboxylic acids is 1. The van der Waals surface area contributed by atoms with Crippen LogP contribution in [0.25, 0.3) is 16.2 Å². The van der Waals surface area contributed by atoms with Crippen molar-refractivity contribution >= 4 is 32.3 Å². The van der Waals surface area contributed by atoms with E-state index in [1.807, 2.05) is 12.1 Å². The van der Waals surface area contributed by atoms with Crippen LogP contribution >= 0.6 is 11.3 Å². The van der Waals surface area contributed by atoms with Gasteiger partial charge in [0.15, 0.2) is 0 Å². The number of nitrogens with zero attached hydrogens (tertiary/aromatic N) is 3. The Hall–Kier alpha value is -2.50. The summed E-state index contributed by atoms with van der Waals surface area (Å²) in [6.45, 7) is 1.79. The number of hydrogen-bond acceptors (Lipinski definition) is 8. The number of nitrogens with two attached hydrogens (primary N) is 1. The molecule has 11 heteroatoms. The van der Waals surface area contributed by atoms with Crippen LogP contribution in [0.1, 0.15) is 6.92 Å². The average Bonchev–Trinajstić information content (AvgIpc) is 3.10. The number of imidazole rings is 1. The number of hydrogen-bond donors (Lipinski definition) is 1. The number of aromatic nitrogens is 3. The lowest BCUT2D eigenvalue weighted by atomic mass is 10.2. The first-order chi connectivity index (χ1) is 11.8. The molecule has 0 aliphatic carbocycles. The predicted octanol–water partition coefficient (Wildman–Crippen LogP) is 1.05. The summed E-state index contributed by atoms with van der Waals surface area (Å²) >= 11 is 0.900. The fraction of sp³-hybridized carbons (Fsp3) is 0.214. The maximum absolute atomic E-state index is 11.3. The second-order valence-corrected chi connectivity index (χ2v) is 7.67. The van der Waals surface area contributed by atoms with Crippen LogP contribution in [0.4, 0.5) is 0 Å². The van der Waals surface area contributed by atoms with E-state index in [0.717, 1.165) is 16.9 Å². The van der Waals surface area contributed by atoms with Gasteiger partial charge < -0.3 is 9.47 Å². The van der Waals surface area contributed by atoms with Crippen molar-refractivity contribution in [2.75, 3.05) is 13.2 Å². The molecule has 0 atom stereocenters. The second kappa shape index (κ2) is 6.78. The zero-order valence-corrected chi connectivity index (χ0v) is 14.7. The van der Waals surface area contributed by atoms with Gasteiger partial charge in [0.2, 0.25) is 9.30 Å². The van der Waals surface area contributed by atoms with Gasteiger partial charge in [0.1, 0.15) is 19.0 Å². The number of carbonyl (C=O) groups is 1. The smallest absolute Gasteiger partial charge is 0.302 e.